The van der Waals surface area contributed by atoms with Crippen LogP contribution in [0, 0.1) is 10.7 Å². The molecular weight excluding hydrogens is 216 g/mol. The van der Waals surface area contributed by atoms with Crippen LogP contribution in [0.15, 0.2) is 6.20 Å². The fraction of sp³-hybridized carbons (Fsp3) is 0.769. The van der Waals surface area contributed by atoms with Gasteiger partial charge in [0.25, 0.3) is 0 Å². The van der Waals surface area contributed by atoms with Gasteiger partial charge in [-0.3, -0.25) is 0 Å². The molecule has 1 heterocycles. The Kier molecular flexibility index (Phi) is 4.00. The van der Waals surface area contributed by atoms with Crippen molar-refractivity contribution >= 4 is 12.2 Å². The lowest BCUT2D eigenvalue weighted by Crippen LogP contribution is -2.23. The van der Waals surface area contributed by atoms with E-state index in [-0.39, 0.29) is 5.41 Å². The third kappa shape index (κ3) is 2.57. The van der Waals surface area contributed by atoms with Gasteiger partial charge in [0.2, 0.25) is 0 Å². The molecule has 0 radical (unpaired) electrons. The van der Waals surface area contributed by atoms with E-state index in [2.05, 4.69) is 57.3 Å². The first-order valence-corrected chi connectivity index (χ1v) is 6.50. The molecule has 3 heteroatoms. The summed E-state index contributed by atoms with van der Waals surface area (Å²) < 4.78 is 3.16. The van der Waals surface area contributed by atoms with Crippen LogP contribution in [0.1, 0.15) is 59.7 Å². The Hall–Kier alpha value is -0.570. The van der Waals surface area contributed by atoms with Gasteiger partial charge in [-0.05, 0) is 24.6 Å². The summed E-state index contributed by atoms with van der Waals surface area (Å²) in [7, 11) is 0. The molecule has 1 N–H and O–H groups in total. The molecule has 16 heavy (non-hydrogen) atoms. The lowest BCUT2D eigenvalue weighted by Gasteiger charge is -2.28. The molecule has 0 spiro atoms. The van der Waals surface area contributed by atoms with Crippen molar-refractivity contribution in [3.8, 4) is 0 Å². The molecule has 1 aromatic heterocycles. The van der Waals surface area contributed by atoms with Gasteiger partial charge < -0.3 is 9.55 Å². The number of aromatic amines is 1. The molecule has 1 rings (SSSR count). The summed E-state index contributed by atoms with van der Waals surface area (Å²) in [6.45, 7) is 13.4. The minimum atomic E-state index is 0.135. The summed E-state index contributed by atoms with van der Waals surface area (Å²) in [6.07, 6.45) is 3.18. The summed E-state index contributed by atoms with van der Waals surface area (Å²) in [5.41, 5.74) is 1.44. The second-order valence-electron chi connectivity index (χ2n) is 5.82. The van der Waals surface area contributed by atoms with Crippen LogP contribution >= 0.6 is 12.2 Å². The number of hydrogen-bond donors (Lipinski definition) is 1. The third-order valence-corrected chi connectivity index (χ3v) is 3.41. The number of aromatic nitrogens is 2. The number of imidazole rings is 1. The second-order valence-corrected chi connectivity index (χ2v) is 6.21. The van der Waals surface area contributed by atoms with E-state index in [1.807, 2.05) is 0 Å². The van der Waals surface area contributed by atoms with Crippen LogP contribution in [0.4, 0.5) is 0 Å². The Morgan fingerprint density at radius 2 is 1.94 bits per heavy atom. The summed E-state index contributed by atoms with van der Waals surface area (Å²) in [6, 6.07) is 0.493. The summed E-state index contributed by atoms with van der Waals surface area (Å²) in [4.78, 5) is 3.19. The van der Waals surface area contributed by atoms with Gasteiger partial charge in [-0.15, -0.1) is 0 Å². The summed E-state index contributed by atoms with van der Waals surface area (Å²) >= 11 is 5.41. The number of hydrogen-bond acceptors (Lipinski definition) is 1. The van der Waals surface area contributed by atoms with Crippen molar-refractivity contribution in [1.82, 2.24) is 9.55 Å². The maximum atomic E-state index is 5.41. The largest absolute Gasteiger partial charge is 0.337 e. The Bertz CT molecular complexity index is 393. The van der Waals surface area contributed by atoms with E-state index < -0.39 is 0 Å². The molecule has 0 fully saturated rings. The van der Waals surface area contributed by atoms with Crippen LogP contribution < -0.4 is 0 Å². The van der Waals surface area contributed by atoms with Crippen molar-refractivity contribution in [2.24, 2.45) is 5.92 Å². The quantitative estimate of drug-likeness (QED) is 0.774. The zero-order valence-corrected chi connectivity index (χ0v) is 12.1. The normalized spacial score (nSPS) is 14.4. The highest BCUT2D eigenvalue weighted by atomic mass is 32.1. The first-order chi connectivity index (χ1) is 7.29. The molecule has 1 aromatic rings. The Labute approximate surface area is 104 Å². The molecule has 0 saturated carbocycles. The molecule has 0 aliphatic rings. The number of rotatable bonds is 3. The van der Waals surface area contributed by atoms with E-state index >= 15 is 0 Å². The van der Waals surface area contributed by atoms with Gasteiger partial charge in [-0.2, -0.15) is 0 Å². The zero-order valence-electron chi connectivity index (χ0n) is 11.3. The predicted octanol–water partition coefficient (Wildman–Crippen LogP) is 4.45. The van der Waals surface area contributed by atoms with Crippen LogP contribution in [0.5, 0.6) is 0 Å². The van der Waals surface area contributed by atoms with Gasteiger partial charge in [0.05, 0.1) is 0 Å². The molecule has 1 atom stereocenters. The third-order valence-electron chi connectivity index (χ3n) is 3.10. The summed E-state index contributed by atoms with van der Waals surface area (Å²) in [5.74, 6) is 0.605. The van der Waals surface area contributed by atoms with Crippen molar-refractivity contribution in [3.05, 3.63) is 16.7 Å². The standard InChI is InChI=1S/C13H24N2S/c1-7-10(9(2)3)15-11(13(4,5)6)8-14-12(15)16/h8-10H,7H2,1-6H3,(H,14,16). The molecule has 0 aliphatic heterocycles. The molecule has 0 amide bonds. The fourth-order valence-corrected chi connectivity index (χ4v) is 2.53. The lowest BCUT2D eigenvalue weighted by atomic mass is 9.91. The maximum absolute atomic E-state index is 5.41. The SMILES string of the molecule is CCC(C(C)C)n1c(C(C)(C)C)c[nH]c1=S. The van der Waals surface area contributed by atoms with Crippen LogP contribution in [0.25, 0.3) is 0 Å². The Balaban J connectivity index is 3.31. The molecule has 0 saturated heterocycles. The van der Waals surface area contributed by atoms with E-state index in [1.165, 1.54) is 5.69 Å². The van der Waals surface area contributed by atoms with Crippen LogP contribution in [-0.2, 0) is 5.41 Å². The number of nitrogens with one attached hydrogen (secondary N) is 1. The average molecular weight is 240 g/mol. The van der Waals surface area contributed by atoms with Gasteiger partial charge in [-0.25, -0.2) is 0 Å². The highest BCUT2D eigenvalue weighted by molar-refractivity contribution is 7.71. The first kappa shape index (κ1) is 13.5. The molecule has 2 nitrogen and oxygen atoms in total. The lowest BCUT2D eigenvalue weighted by molar-refractivity contribution is 0.338. The van der Waals surface area contributed by atoms with E-state index in [4.69, 9.17) is 12.2 Å². The average Bonchev–Trinajstić information content (AvgIpc) is 2.48. The zero-order chi connectivity index (χ0) is 12.5. The van der Waals surface area contributed by atoms with E-state index in [0.29, 0.717) is 12.0 Å². The van der Waals surface area contributed by atoms with Crippen LogP contribution in [-0.4, -0.2) is 9.55 Å². The predicted molar refractivity (Wildman–Crippen MR) is 72.5 cm³/mol. The monoisotopic (exact) mass is 240 g/mol. The van der Waals surface area contributed by atoms with Gasteiger partial charge in [0.1, 0.15) is 0 Å². The van der Waals surface area contributed by atoms with Crippen molar-refractivity contribution in [1.29, 1.82) is 0 Å². The van der Waals surface area contributed by atoms with Gasteiger partial charge in [0.15, 0.2) is 4.77 Å². The Morgan fingerprint density at radius 1 is 1.38 bits per heavy atom. The van der Waals surface area contributed by atoms with Gasteiger partial charge >= 0.3 is 0 Å². The number of H-pyrrole nitrogens is 1. The van der Waals surface area contributed by atoms with Gasteiger partial charge in [0, 0.05) is 23.3 Å². The van der Waals surface area contributed by atoms with Crippen molar-refractivity contribution < 1.29 is 0 Å². The summed E-state index contributed by atoms with van der Waals surface area (Å²) in [5, 5.41) is 0. The second kappa shape index (κ2) is 4.74. The highest BCUT2D eigenvalue weighted by Crippen LogP contribution is 2.30. The topological polar surface area (TPSA) is 20.7 Å². The minimum Gasteiger partial charge on any atom is -0.337 e. The molecule has 0 aromatic carbocycles. The minimum absolute atomic E-state index is 0.135. The molecular formula is C13H24N2S. The highest BCUT2D eigenvalue weighted by Gasteiger charge is 2.24. The van der Waals surface area contributed by atoms with E-state index in [9.17, 15) is 0 Å². The van der Waals surface area contributed by atoms with Gasteiger partial charge in [-0.1, -0.05) is 41.5 Å². The fourth-order valence-electron chi connectivity index (χ4n) is 2.24. The van der Waals surface area contributed by atoms with Crippen molar-refractivity contribution in [3.63, 3.8) is 0 Å². The van der Waals surface area contributed by atoms with Crippen molar-refractivity contribution in [2.75, 3.05) is 0 Å². The van der Waals surface area contributed by atoms with Crippen molar-refractivity contribution in [2.45, 2.75) is 59.4 Å². The smallest absolute Gasteiger partial charge is 0.177 e. The Morgan fingerprint density at radius 3 is 2.31 bits per heavy atom. The van der Waals surface area contributed by atoms with Crippen LogP contribution in [0.3, 0.4) is 0 Å². The maximum Gasteiger partial charge on any atom is 0.177 e. The van der Waals surface area contributed by atoms with Crippen LogP contribution in [0.2, 0.25) is 0 Å². The van der Waals surface area contributed by atoms with E-state index in [1.54, 1.807) is 0 Å². The molecule has 1 unspecified atom stereocenters. The molecule has 92 valence electrons. The first-order valence-electron chi connectivity index (χ1n) is 6.09. The number of nitrogens with zero attached hydrogens (tertiary/aromatic N) is 1. The molecule has 0 aliphatic carbocycles. The molecule has 0 bridgehead atoms. The van der Waals surface area contributed by atoms with E-state index in [0.717, 1.165) is 11.2 Å².